The molecule has 0 radical (unpaired) electrons. The molecule has 2 aliphatic heterocycles. The Balaban J connectivity index is 1.41. The first kappa shape index (κ1) is 19.2. The lowest BCUT2D eigenvalue weighted by Crippen LogP contribution is -2.56. The van der Waals surface area contributed by atoms with Crippen LogP contribution in [0, 0.1) is 0 Å². The van der Waals surface area contributed by atoms with Crippen molar-refractivity contribution in [1.29, 1.82) is 0 Å². The molecule has 156 valence electrons. The first-order valence-corrected chi connectivity index (χ1v) is 11.1. The molecule has 2 fully saturated rings. The third-order valence-electron chi connectivity index (χ3n) is 6.97. The van der Waals surface area contributed by atoms with Gasteiger partial charge in [-0.05, 0) is 49.4 Å². The summed E-state index contributed by atoms with van der Waals surface area (Å²) < 4.78 is 6.06. The molecule has 1 aliphatic carbocycles. The zero-order valence-corrected chi connectivity index (χ0v) is 17.3. The highest BCUT2D eigenvalue weighted by molar-refractivity contribution is 5.98. The van der Waals surface area contributed by atoms with E-state index in [0.717, 1.165) is 50.8 Å². The molecule has 0 N–H and O–H groups in total. The van der Waals surface area contributed by atoms with Gasteiger partial charge in [0, 0.05) is 31.9 Å². The van der Waals surface area contributed by atoms with E-state index in [0.29, 0.717) is 18.7 Å². The van der Waals surface area contributed by atoms with Crippen molar-refractivity contribution in [3.8, 4) is 0 Å². The lowest BCUT2D eigenvalue weighted by Gasteiger charge is -2.47. The molecular weight excluding hydrogens is 376 g/mol. The van der Waals surface area contributed by atoms with Crippen LogP contribution in [0.15, 0.2) is 54.6 Å². The van der Waals surface area contributed by atoms with E-state index in [1.54, 1.807) is 6.07 Å². The molecule has 30 heavy (non-hydrogen) atoms. The third kappa shape index (κ3) is 3.26. The Morgan fingerprint density at radius 2 is 1.53 bits per heavy atom. The van der Waals surface area contributed by atoms with Gasteiger partial charge >= 0.3 is 5.97 Å². The standard InChI is InChI=1S/C25H28N2O3/c28-23(27-17-15-26(16-18-27)19-9-3-1-4-10-19)22-20-11-5-6-12-21(20)24(29)30-25(22)13-7-2-8-14-25/h1,3-6,9-12,22H,2,7-8,13-18H2/t22-/m1/s1. The van der Waals surface area contributed by atoms with Crippen LogP contribution in [0.2, 0.25) is 0 Å². The van der Waals surface area contributed by atoms with E-state index in [2.05, 4.69) is 17.0 Å². The quantitative estimate of drug-likeness (QED) is 0.710. The third-order valence-corrected chi connectivity index (χ3v) is 6.97. The summed E-state index contributed by atoms with van der Waals surface area (Å²) in [6.45, 7) is 3.01. The monoisotopic (exact) mass is 404 g/mol. The summed E-state index contributed by atoms with van der Waals surface area (Å²) in [4.78, 5) is 30.9. The van der Waals surface area contributed by atoms with Crippen molar-refractivity contribution in [2.75, 3.05) is 31.1 Å². The smallest absolute Gasteiger partial charge is 0.339 e. The number of piperazine rings is 1. The van der Waals surface area contributed by atoms with E-state index in [1.165, 1.54) is 5.69 Å². The van der Waals surface area contributed by atoms with Crippen LogP contribution in [-0.4, -0.2) is 48.6 Å². The molecule has 1 amide bonds. The molecule has 2 aromatic rings. The molecule has 1 atom stereocenters. The molecule has 5 heteroatoms. The van der Waals surface area contributed by atoms with Gasteiger partial charge in [0.2, 0.25) is 5.91 Å². The molecule has 1 saturated heterocycles. The minimum Gasteiger partial charge on any atom is -0.454 e. The SMILES string of the molecule is O=C1OC2(CCCCC2)[C@@H](C(=O)N2CCN(c3ccccc3)CC2)c2ccccc21. The van der Waals surface area contributed by atoms with Gasteiger partial charge in [-0.1, -0.05) is 42.8 Å². The lowest BCUT2D eigenvalue weighted by atomic mass is 9.69. The van der Waals surface area contributed by atoms with E-state index >= 15 is 0 Å². The normalized spacial score (nSPS) is 23.1. The first-order valence-electron chi connectivity index (χ1n) is 11.1. The fourth-order valence-electron chi connectivity index (χ4n) is 5.42. The number of anilines is 1. The number of nitrogens with zero attached hydrogens (tertiary/aromatic N) is 2. The zero-order chi connectivity index (χ0) is 20.6. The molecule has 2 aromatic carbocycles. The van der Waals surface area contributed by atoms with Gasteiger partial charge in [0.25, 0.3) is 0 Å². The van der Waals surface area contributed by atoms with Gasteiger partial charge in [-0.15, -0.1) is 0 Å². The van der Waals surface area contributed by atoms with Gasteiger partial charge in [-0.25, -0.2) is 4.79 Å². The van der Waals surface area contributed by atoms with Crippen molar-refractivity contribution in [1.82, 2.24) is 4.90 Å². The van der Waals surface area contributed by atoms with Crippen molar-refractivity contribution in [2.24, 2.45) is 0 Å². The van der Waals surface area contributed by atoms with Crippen LogP contribution in [0.1, 0.15) is 53.9 Å². The average molecular weight is 405 g/mol. The summed E-state index contributed by atoms with van der Waals surface area (Å²) in [5.41, 5.74) is 1.92. The van der Waals surface area contributed by atoms with Gasteiger partial charge in [0.05, 0.1) is 5.56 Å². The number of rotatable bonds is 2. The maximum atomic E-state index is 13.9. The number of esters is 1. The minimum absolute atomic E-state index is 0.115. The van der Waals surface area contributed by atoms with Crippen LogP contribution in [0.25, 0.3) is 0 Å². The Labute approximate surface area is 177 Å². The second-order valence-corrected chi connectivity index (χ2v) is 8.68. The molecule has 5 rings (SSSR count). The van der Waals surface area contributed by atoms with E-state index in [4.69, 9.17) is 4.74 Å². The van der Waals surface area contributed by atoms with Crippen molar-refractivity contribution >= 4 is 17.6 Å². The largest absolute Gasteiger partial charge is 0.454 e. The number of carbonyl (C=O) groups is 2. The van der Waals surface area contributed by atoms with Crippen LogP contribution in [0.4, 0.5) is 5.69 Å². The summed E-state index contributed by atoms with van der Waals surface area (Å²) in [7, 11) is 0. The maximum absolute atomic E-state index is 13.9. The fraction of sp³-hybridized carbons (Fsp3) is 0.440. The lowest BCUT2D eigenvalue weighted by molar-refractivity contribution is -0.143. The van der Waals surface area contributed by atoms with Crippen LogP contribution >= 0.6 is 0 Å². The van der Waals surface area contributed by atoms with Crippen LogP contribution in [-0.2, 0) is 9.53 Å². The predicted molar refractivity (Wildman–Crippen MR) is 116 cm³/mol. The Morgan fingerprint density at radius 3 is 2.27 bits per heavy atom. The molecule has 1 spiro atoms. The number of ether oxygens (including phenoxy) is 1. The maximum Gasteiger partial charge on any atom is 0.339 e. The molecule has 3 aliphatic rings. The second-order valence-electron chi connectivity index (χ2n) is 8.68. The number of hydrogen-bond acceptors (Lipinski definition) is 4. The Morgan fingerprint density at radius 1 is 0.867 bits per heavy atom. The number of amides is 1. The topological polar surface area (TPSA) is 49.9 Å². The summed E-state index contributed by atoms with van der Waals surface area (Å²) in [6.07, 6.45) is 4.68. The van der Waals surface area contributed by atoms with Gasteiger partial charge in [0.1, 0.15) is 11.5 Å². The average Bonchev–Trinajstić information content (AvgIpc) is 2.80. The van der Waals surface area contributed by atoms with E-state index in [1.807, 2.05) is 41.3 Å². The van der Waals surface area contributed by atoms with Crippen molar-refractivity contribution in [3.05, 3.63) is 65.7 Å². The molecule has 5 nitrogen and oxygen atoms in total. The van der Waals surface area contributed by atoms with Gasteiger partial charge in [-0.3, -0.25) is 4.79 Å². The zero-order valence-electron chi connectivity index (χ0n) is 17.3. The van der Waals surface area contributed by atoms with Crippen LogP contribution in [0.3, 0.4) is 0 Å². The highest BCUT2D eigenvalue weighted by Crippen LogP contribution is 2.48. The van der Waals surface area contributed by atoms with Crippen molar-refractivity contribution in [3.63, 3.8) is 0 Å². The Hall–Kier alpha value is -2.82. The van der Waals surface area contributed by atoms with Gasteiger partial charge in [-0.2, -0.15) is 0 Å². The molecular formula is C25H28N2O3. The summed E-state index contributed by atoms with van der Waals surface area (Å²) in [5, 5.41) is 0. The molecule has 0 aromatic heterocycles. The van der Waals surface area contributed by atoms with Crippen molar-refractivity contribution < 1.29 is 14.3 Å². The number of benzene rings is 2. The predicted octanol–water partition coefficient (Wildman–Crippen LogP) is 3.99. The minimum atomic E-state index is -0.683. The summed E-state index contributed by atoms with van der Waals surface area (Å²) >= 11 is 0. The van der Waals surface area contributed by atoms with Gasteiger partial charge in [0.15, 0.2) is 0 Å². The highest BCUT2D eigenvalue weighted by atomic mass is 16.6. The van der Waals surface area contributed by atoms with Crippen molar-refractivity contribution in [2.45, 2.75) is 43.6 Å². The Bertz CT molecular complexity index is 928. The van der Waals surface area contributed by atoms with E-state index in [-0.39, 0.29) is 11.9 Å². The number of hydrogen-bond donors (Lipinski definition) is 0. The fourth-order valence-corrected chi connectivity index (χ4v) is 5.42. The van der Waals surface area contributed by atoms with E-state index in [9.17, 15) is 9.59 Å². The molecule has 1 saturated carbocycles. The number of carbonyl (C=O) groups excluding carboxylic acids is 2. The van der Waals surface area contributed by atoms with Crippen LogP contribution < -0.4 is 4.90 Å². The second kappa shape index (κ2) is 7.78. The Kier molecular flexibility index (Phi) is 4.97. The number of fused-ring (bicyclic) bond motifs is 1. The highest BCUT2D eigenvalue weighted by Gasteiger charge is 2.53. The molecule has 2 heterocycles. The molecule has 0 unspecified atom stereocenters. The summed E-state index contributed by atoms with van der Waals surface area (Å²) in [5.74, 6) is -0.551. The van der Waals surface area contributed by atoms with E-state index < -0.39 is 11.5 Å². The number of para-hydroxylation sites is 1. The summed E-state index contributed by atoms with van der Waals surface area (Å²) in [6, 6.07) is 17.9. The first-order chi connectivity index (χ1) is 14.7. The van der Waals surface area contributed by atoms with Gasteiger partial charge < -0.3 is 14.5 Å². The van der Waals surface area contributed by atoms with Crippen LogP contribution in [0.5, 0.6) is 0 Å². The molecule has 0 bridgehead atoms.